The van der Waals surface area contributed by atoms with Crippen molar-refractivity contribution in [3.8, 4) is 0 Å². The van der Waals surface area contributed by atoms with Gasteiger partial charge in [-0.1, -0.05) is 29.8 Å². The van der Waals surface area contributed by atoms with Gasteiger partial charge in [0.2, 0.25) is 0 Å². The van der Waals surface area contributed by atoms with Crippen LogP contribution in [-0.2, 0) is 28.3 Å². The first-order valence-corrected chi connectivity index (χ1v) is 9.69. The summed E-state index contributed by atoms with van der Waals surface area (Å²) in [6, 6.07) is 14.0. The van der Waals surface area contributed by atoms with Crippen LogP contribution in [0.3, 0.4) is 0 Å². The van der Waals surface area contributed by atoms with Crippen LogP contribution in [0.5, 0.6) is 0 Å². The Morgan fingerprint density at radius 3 is 2.89 bits per heavy atom. The van der Waals surface area contributed by atoms with Gasteiger partial charge < -0.3 is 19.0 Å². The molecule has 27 heavy (non-hydrogen) atoms. The maximum Gasteiger partial charge on any atom is 0.198 e. The van der Waals surface area contributed by atoms with Crippen LogP contribution in [0.2, 0.25) is 5.02 Å². The van der Waals surface area contributed by atoms with E-state index in [0.717, 1.165) is 33.4 Å². The number of hydrogen-bond acceptors (Lipinski definition) is 4. The van der Waals surface area contributed by atoms with Gasteiger partial charge in [-0.15, -0.1) is 0 Å². The molecule has 4 nitrogen and oxygen atoms in total. The van der Waals surface area contributed by atoms with Gasteiger partial charge in [0, 0.05) is 28.8 Å². The Hall–Kier alpha value is -1.85. The molecule has 1 N–H and O–H groups in total. The summed E-state index contributed by atoms with van der Waals surface area (Å²) in [5, 5.41) is 12.0. The molecule has 5 rings (SSSR count). The van der Waals surface area contributed by atoms with Crippen molar-refractivity contribution < 1.29 is 19.0 Å². The summed E-state index contributed by atoms with van der Waals surface area (Å²) < 4.78 is 18.2. The molecule has 1 fully saturated rings. The van der Waals surface area contributed by atoms with E-state index in [9.17, 15) is 5.11 Å². The lowest BCUT2D eigenvalue weighted by atomic mass is 9.90. The number of aliphatic hydroxyl groups excluding tert-OH is 1. The molecule has 0 aliphatic carbocycles. The highest BCUT2D eigenvalue weighted by Gasteiger charge is 2.47. The van der Waals surface area contributed by atoms with Gasteiger partial charge in [-0.25, -0.2) is 0 Å². The first-order valence-electron chi connectivity index (χ1n) is 9.31. The van der Waals surface area contributed by atoms with E-state index in [4.69, 9.17) is 25.5 Å². The Balaban J connectivity index is 1.52. The van der Waals surface area contributed by atoms with Gasteiger partial charge in [-0.05, 0) is 48.7 Å². The van der Waals surface area contributed by atoms with Crippen LogP contribution < -0.4 is 0 Å². The molecular formula is C22H21ClO4. The minimum absolute atomic E-state index is 0.0609. The van der Waals surface area contributed by atoms with Gasteiger partial charge in [0.15, 0.2) is 5.79 Å². The van der Waals surface area contributed by atoms with E-state index in [1.54, 1.807) is 0 Å². The van der Waals surface area contributed by atoms with Gasteiger partial charge in [0.05, 0.1) is 18.8 Å². The predicted octanol–water partition coefficient (Wildman–Crippen LogP) is 4.92. The molecule has 0 bridgehead atoms. The second-order valence-corrected chi connectivity index (χ2v) is 8.00. The molecule has 1 saturated heterocycles. The highest BCUT2D eigenvalue weighted by atomic mass is 35.5. The molecule has 2 unspecified atom stereocenters. The van der Waals surface area contributed by atoms with Crippen molar-refractivity contribution in [3.05, 3.63) is 69.9 Å². The van der Waals surface area contributed by atoms with Crippen molar-refractivity contribution >= 4 is 22.6 Å². The fraction of sp³-hybridized carbons (Fsp3) is 0.364. The summed E-state index contributed by atoms with van der Waals surface area (Å²) in [6.07, 6.45) is 1.16. The summed E-state index contributed by atoms with van der Waals surface area (Å²) in [4.78, 5) is 0. The van der Waals surface area contributed by atoms with Crippen LogP contribution in [0.15, 0.2) is 46.9 Å². The molecule has 2 aliphatic rings. The zero-order chi connectivity index (χ0) is 18.6. The van der Waals surface area contributed by atoms with Crippen LogP contribution in [0.25, 0.3) is 11.0 Å². The van der Waals surface area contributed by atoms with Gasteiger partial charge in [-0.2, -0.15) is 0 Å². The Morgan fingerprint density at radius 2 is 2.07 bits per heavy atom. The minimum atomic E-state index is -0.875. The number of fused-ring (bicyclic) bond motifs is 3. The summed E-state index contributed by atoms with van der Waals surface area (Å²) in [5.74, 6) is -0.0106. The molecule has 0 amide bonds. The lowest BCUT2D eigenvalue weighted by molar-refractivity contribution is -0.295. The Labute approximate surface area is 162 Å². The number of furan rings is 1. The van der Waals surface area contributed by atoms with E-state index in [2.05, 4.69) is 6.07 Å². The monoisotopic (exact) mass is 384 g/mol. The molecule has 2 aliphatic heterocycles. The molecule has 2 aromatic carbocycles. The average molecular weight is 385 g/mol. The van der Waals surface area contributed by atoms with Gasteiger partial charge >= 0.3 is 0 Å². The van der Waals surface area contributed by atoms with Crippen molar-refractivity contribution in [2.45, 2.75) is 50.8 Å². The first-order chi connectivity index (χ1) is 13.0. The third-order valence-electron chi connectivity index (χ3n) is 5.48. The van der Waals surface area contributed by atoms with Crippen molar-refractivity contribution in [1.29, 1.82) is 0 Å². The van der Waals surface area contributed by atoms with Crippen LogP contribution in [0.4, 0.5) is 0 Å². The number of rotatable bonds is 2. The lowest BCUT2D eigenvalue weighted by Crippen LogP contribution is -2.43. The van der Waals surface area contributed by atoms with E-state index in [0.29, 0.717) is 30.9 Å². The number of para-hydroxylation sites is 1. The predicted molar refractivity (Wildman–Crippen MR) is 103 cm³/mol. The summed E-state index contributed by atoms with van der Waals surface area (Å²) in [6.45, 7) is 2.41. The molecule has 0 radical (unpaired) electrons. The third-order valence-corrected chi connectivity index (χ3v) is 5.84. The Kier molecular flexibility index (Phi) is 4.06. The fourth-order valence-corrected chi connectivity index (χ4v) is 4.57. The maximum absolute atomic E-state index is 10.3. The second-order valence-electron chi connectivity index (χ2n) is 7.59. The number of halogens is 1. The summed E-state index contributed by atoms with van der Waals surface area (Å²) >= 11 is 6.55. The largest absolute Gasteiger partial charge is 0.461 e. The van der Waals surface area contributed by atoms with E-state index < -0.39 is 11.9 Å². The van der Waals surface area contributed by atoms with Crippen LogP contribution in [-0.4, -0.2) is 17.3 Å². The van der Waals surface area contributed by atoms with E-state index in [1.165, 1.54) is 0 Å². The SMILES string of the molecule is CC1CC(O)C[C@@]2(OCc3cc(Cl)c(Cc4cc5ccccc5o4)cc32)O1. The average Bonchev–Trinajstić information content (AvgIpc) is 3.16. The van der Waals surface area contributed by atoms with Crippen LogP contribution in [0, 0.1) is 0 Å². The van der Waals surface area contributed by atoms with E-state index >= 15 is 0 Å². The van der Waals surface area contributed by atoms with Crippen LogP contribution >= 0.6 is 11.6 Å². The summed E-state index contributed by atoms with van der Waals surface area (Å²) in [7, 11) is 0. The zero-order valence-corrected chi connectivity index (χ0v) is 15.8. The van der Waals surface area contributed by atoms with Gasteiger partial charge in [0.1, 0.15) is 11.3 Å². The van der Waals surface area contributed by atoms with Crippen molar-refractivity contribution in [3.63, 3.8) is 0 Å². The number of benzene rings is 2. The zero-order valence-electron chi connectivity index (χ0n) is 15.1. The van der Waals surface area contributed by atoms with Crippen molar-refractivity contribution in [2.75, 3.05) is 0 Å². The molecule has 3 aromatic rings. The second kappa shape index (κ2) is 6.35. The molecule has 1 spiro atoms. The molecule has 5 heteroatoms. The Morgan fingerprint density at radius 1 is 1.22 bits per heavy atom. The van der Waals surface area contributed by atoms with E-state index in [-0.39, 0.29) is 6.10 Å². The number of aliphatic hydroxyl groups is 1. The smallest absolute Gasteiger partial charge is 0.198 e. The lowest BCUT2D eigenvalue weighted by Gasteiger charge is -2.39. The quantitative estimate of drug-likeness (QED) is 0.681. The number of ether oxygens (including phenoxy) is 2. The summed E-state index contributed by atoms with van der Waals surface area (Å²) in [5.41, 5.74) is 3.84. The fourth-order valence-electron chi connectivity index (χ4n) is 4.32. The third kappa shape index (κ3) is 2.97. The number of hydrogen-bond donors (Lipinski definition) is 1. The normalized spacial score (nSPS) is 27.4. The highest BCUT2D eigenvalue weighted by molar-refractivity contribution is 6.31. The molecule has 1 aromatic heterocycles. The minimum Gasteiger partial charge on any atom is -0.461 e. The first kappa shape index (κ1) is 17.3. The topological polar surface area (TPSA) is 51.8 Å². The molecule has 140 valence electrons. The van der Waals surface area contributed by atoms with Crippen LogP contribution in [0.1, 0.15) is 42.2 Å². The molecule has 3 heterocycles. The van der Waals surface area contributed by atoms with Crippen molar-refractivity contribution in [1.82, 2.24) is 0 Å². The standard InChI is InChI=1S/C22H21ClO4/c1-13-6-17(24)11-22(27-13)19-9-15(20(23)10-16(19)12-25-22)8-18-7-14-4-2-3-5-21(14)26-18/h2-5,7,9-10,13,17,24H,6,8,11-12H2,1H3/t13?,17?,22-/m1/s1. The van der Waals surface area contributed by atoms with Gasteiger partial charge in [-0.3, -0.25) is 0 Å². The highest BCUT2D eigenvalue weighted by Crippen LogP contribution is 2.46. The molecular weight excluding hydrogens is 364 g/mol. The maximum atomic E-state index is 10.3. The van der Waals surface area contributed by atoms with Crippen molar-refractivity contribution in [2.24, 2.45) is 0 Å². The molecule has 3 atom stereocenters. The van der Waals surface area contributed by atoms with E-state index in [1.807, 2.05) is 43.3 Å². The molecule has 0 saturated carbocycles. The van der Waals surface area contributed by atoms with Gasteiger partial charge in [0.25, 0.3) is 0 Å². The Bertz CT molecular complexity index is 966.